The minimum Gasteiger partial charge on any atom is -0.336 e. The van der Waals surface area contributed by atoms with E-state index in [1.807, 2.05) is 11.8 Å². The Balaban J connectivity index is 1.72. The highest BCUT2D eigenvalue weighted by Gasteiger charge is 2.48. The summed E-state index contributed by atoms with van der Waals surface area (Å²) in [6.45, 7) is 5.41. The molecule has 2 fully saturated rings. The van der Waals surface area contributed by atoms with E-state index in [-0.39, 0.29) is 5.41 Å². The molecule has 1 aromatic rings. The molecule has 0 radical (unpaired) electrons. The zero-order valence-electron chi connectivity index (χ0n) is 10.0. The number of nitrogens with one attached hydrogen (secondary N) is 1. The second kappa shape index (κ2) is 4.07. The first kappa shape index (κ1) is 11.2. The van der Waals surface area contributed by atoms with Crippen LogP contribution in [0.3, 0.4) is 0 Å². The van der Waals surface area contributed by atoms with Crippen molar-refractivity contribution < 1.29 is 4.79 Å². The van der Waals surface area contributed by atoms with Gasteiger partial charge in [-0.15, -0.1) is 11.3 Å². The molecule has 4 nitrogen and oxygen atoms in total. The quantitative estimate of drug-likeness (QED) is 0.858. The van der Waals surface area contributed by atoms with E-state index in [0.29, 0.717) is 12.5 Å². The van der Waals surface area contributed by atoms with Gasteiger partial charge in [-0.25, -0.2) is 4.98 Å². The molecule has 1 spiro atoms. The molecule has 0 aromatic carbocycles. The Morgan fingerprint density at radius 3 is 3.12 bits per heavy atom. The second-order valence-corrected chi connectivity index (χ2v) is 6.10. The van der Waals surface area contributed by atoms with Crippen molar-refractivity contribution in [3.8, 4) is 0 Å². The van der Waals surface area contributed by atoms with Gasteiger partial charge in [0, 0.05) is 18.5 Å². The summed E-state index contributed by atoms with van der Waals surface area (Å²) in [5, 5.41) is 6.44. The molecule has 1 atom stereocenters. The van der Waals surface area contributed by atoms with Crippen LogP contribution in [0.2, 0.25) is 0 Å². The highest BCUT2D eigenvalue weighted by Crippen LogP contribution is 2.37. The van der Waals surface area contributed by atoms with Crippen LogP contribution in [0.5, 0.6) is 0 Å². The number of carbonyl (C=O) groups is 1. The molecule has 92 valence electrons. The van der Waals surface area contributed by atoms with Gasteiger partial charge < -0.3 is 10.2 Å². The number of likely N-dealkylation sites (tertiary alicyclic amines) is 1. The van der Waals surface area contributed by atoms with Crippen LogP contribution in [-0.2, 0) is 11.3 Å². The molecule has 0 aliphatic carbocycles. The standard InChI is InChI=1S/C12H17N3OS/c1-9-14-10(7-17-9)6-15-5-3-12(11(15)16)2-4-13-8-12/h7,13H,2-6,8H2,1H3/t12-/m1/s1. The Labute approximate surface area is 105 Å². The molecular formula is C12H17N3OS. The van der Waals surface area contributed by atoms with E-state index in [9.17, 15) is 4.79 Å². The number of carbonyl (C=O) groups excluding carboxylic acids is 1. The van der Waals surface area contributed by atoms with Crippen LogP contribution in [0, 0.1) is 12.3 Å². The van der Waals surface area contributed by atoms with Gasteiger partial charge in [0.2, 0.25) is 5.91 Å². The molecule has 1 amide bonds. The summed E-state index contributed by atoms with van der Waals surface area (Å²) < 4.78 is 0. The zero-order chi connectivity index (χ0) is 11.9. The van der Waals surface area contributed by atoms with Crippen LogP contribution in [0.15, 0.2) is 5.38 Å². The Hall–Kier alpha value is -0.940. The van der Waals surface area contributed by atoms with E-state index in [1.54, 1.807) is 11.3 Å². The summed E-state index contributed by atoms with van der Waals surface area (Å²) in [7, 11) is 0. The third-order valence-corrected chi connectivity index (χ3v) is 4.69. The summed E-state index contributed by atoms with van der Waals surface area (Å²) in [4.78, 5) is 18.8. The lowest BCUT2D eigenvalue weighted by Crippen LogP contribution is -2.35. The number of nitrogens with zero attached hydrogens (tertiary/aromatic N) is 2. The lowest BCUT2D eigenvalue weighted by molar-refractivity contribution is -0.135. The molecule has 0 unspecified atom stereocenters. The average molecular weight is 251 g/mol. The minimum atomic E-state index is -0.0922. The minimum absolute atomic E-state index is 0.0922. The lowest BCUT2D eigenvalue weighted by Gasteiger charge is -2.21. The lowest BCUT2D eigenvalue weighted by atomic mass is 9.86. The topological polar surface area (TPSA) is 45.2 Å². The highest BCUT2D eigenvalue weighted by molar-refractivity contribution is 7.09. The Bertz CT molecular complexity index is 437. The maximum absolute atomic E-state index is 12.4. The molecule has 0 saturated carbocycles. The van der Waals surface area contributed by atoms with Gasteiger partial charge in [0.05, 0.1) is 22.7 Å². The first-order valence-corrected chi connectivity index (χ1v) is 6.99. The van der Waals surface area contributed by atoms with Gasteiger partial charge >= 0.3 is 0 Å². The van der Waals surface area contributed by atoms with E-state index in [2.05, 4.69) is 15.7 Å². The summed E-state index contributed by atoms with van der Waals surface area (Å²) in [6.07, 6.45) is 2.00. The van der Waals surface area contributed by atoms with Crippen molar-refractivity contribution in [1.82, 2.24) is 15.2 Å². The fraction of sp³-hybridized carbons (Fsp3) is 0.667. The zero-order valence-corrected chi connectivity index (χ0v) is 10.8. The number of thiazole rings is 1. The highest BCUT2D eigenvalue weighted by atomic mass is 32.1. The number of rotatable bonds is 2. The molecule has 3 heterocycles. The van der Waals surface area contributed by atoms with Crippen molar-refractivity contribution in [3.63, 3.8) is 0 Å². The van der Waals surface area contributed by atoms with Crippen molar-refractivity contribution in [2.75, 3.05) is 19.6 Å². The first-order chi connectivity index (χ1) is 8.20. The largest absolute Gasteiger partial charge is 0.336 e. The van der Waals surface area contributed by atoms with Crippen molar-refractivity contribution >= 4 is 17.2 Å². The fourth-order valence-electron chi connectivity index (χ4n) is 2.86. The Morgan fingerprint density at radius 2 is 2.47 bits per heavy atom. The summed E-state index contributed by atoms with van der Waals surface area (Å²) in [5.74, 6) is 0.327. The van der Waals surface area contributed by atoms with Gasteiger partial charge in [-0.1, -0.05) is 0 Å². The van der Waals surface area contributed by atoms with Crippen LogP contribution in [0.25, 0.3) is 0 Å². The normalized spacial score (nSPS) is 28.5. The van der Waals surface area contributed by atoms with Crippen molar-refractivity contribution in [3.05, 3.63) is 16.1 Å². The van der Waals surface area contributed by atoms with Gasteiger partial charge in [0.25, 0.3) is 0 Å². The van der Waals surface area contributed by atoms with Crippen LogP contribution in [-0.4, -0.2) is 35.4 Å². The van der Waals surface area contributed by atoms with Gasteiger partial charge in [0.1, 0.15) is 0 Å². The third kappa shape index (κ3) is 1.87. The van der Waals surface area contributed by atoms with Crippen LogP contribution in [0.1, 0.15) is 23.5 Å². The number of aromatic nitrogens is 1. The number of hydrogen-bond donors (Lipinski definition) is 1. The number of amides is 1. The summed E-state index contributed by atoms with van der Waals surface area (Å²) in [6, 6.07) is 0. The van der Waals surface area contributed by atoms with Crippen LogP contribution in [0.4, 0.5) is 0 Å². The van der Waals surface area contributed by atoms with E-state index in [4.69, 9.17) is 0 Å². The maximum Gasteiger partial charge on any atom is 0.230 e. The molecule has 3 rings (SSSR count). The van der Waals surface area contributed by atoms with Crippen molar-refractivity contribution in [2.24, 2.45) is 5.41 Å². The summed E-state index contributed by atoms with van der Waals surface area (Å²) >= 11 is 1.65. The monoisotopic (exact) mass is 251 g/mol. The van der Waals surface area contributed by atoms with Crippen molar-refractivity contribution in [2.45, 2.75) is 26.3 Å². The summed E-state index contributed by atoms with van der Waals surface area (Å²) in [5.41, 5.74) is 0.939. The predicted molar refractivity (Wildman–Crippen MR) is 66.8 cm³/mol. The molecule has 2 aliphatic rings. The van der Waals surface area contributed by atoms with Crippen LogP contribution >= 0.6 is 11.3 Å². The molecule has 2 saturated heterocycles. The van der Waals surface area contributed by atoms with Gasteiger partial charge in [-0.3, -0.25) is 4.79 Å². The predicted octanol–water partition coefficient (Wildman–Crippen LogP) is 1.16. The number of aryl methyl sites for hydroxylation is 1. The molecule has 5 heteroatoms. The molecule has 2 aliphatic heterocycles. The molecular weight excluding hydrogens is 234 g/mol. The molecule has 17 heavy (non-hydrogen) atoms. The fourth-order valence-corrected chi connectivity index (χ4v) is 3.46. The third-order valence-electron chi connectivity index (χ3n) is 3.86. The molecule has 1 aromatic heterocycles. The van der Waals surface area contributed by atoms with Gasteiger partial charge in [-0.05, 0) is 26.3 Å². The van der Waals surface area contributed by atoms with E-state index >= 15 is 0 Å². The molecule has 1 N–H and O–H groups in total. The Morgan fingerprint density at radius 1 is 1.59 bits per heavy atom. The van der Waals surface area contributed by atoms with E-state index < -0.39 is 0 Å². The van der Waals surface area contributed by atoms with Crippen molar-refractivity contribution in [1.29, 1.82) is 0 Å². The van der Waals surface area contributed by atoms with E-state index in [1.165, 1.54) is 0 Å². The van der Waals surface area contributed by atoms with E-state index in [0.717, 1.165) is 43.2 Å². The second-order valence-electron chi connectivity index (χ2n) is 5.04. The average Bonchev–Trinajstić information content (AvgIpc) is 2.99. The number of hydrogen-bond acceptors (Lipinski definition) is 4. The van der Waals surface area contributed by atoms with Gasteiger partial charge in [-0.2, -0.15) is 0 Å². The Kier molecular flexibility index (Phi) is 2.67. The smallest absolute Gasteiger partial charge is 0.230 e. The maximum atomic E-state index is 12.4. The SMILES string of the molecule is Cc1nc(CN2CC[C@@]3(CCNC3)C2=O)cs1. The van der Waals surface area contributed by atoms with Crippen LogP contribution < -0.4 is 5.32 Å². The first-order valence-electron chi connectivity index (χ1n) is 6.11. The van der Waals surface area contributed by atoms with Gasteiger partial charge in [0.15, 0.2) is 0 Å². The molecule has 0 bridgehead atoms.